The molecule has 8 heteroatoms. The van der Waals surface area contributed by atoms with E-state index in [0.29, 0.717) is 29.1 Å². The number of hydrogen-bond donors (Lipinski definition) is 1. The van der Waals surface area contributed by atoms with Gasteiger partial charge in [-0.2, -0.15) is 0 Å². The van der Waals surface area contributed by atoms with Gasteiger partial charge in [-0.05, 0) is 63.5 Å². The highest BCUT2D eigenvalue weighted by atomic mass is 16.5. The molecule has 4 rings (SSSR count). The molecular weight excluding hydrogens is 408 g/mol. The fraction of sp³-hybridized carbons (Fsp3) is 0.542. The van der Waals surface area contributed by atoms with Gasteiger partial charge in [-0.25, -0.2) is 0 Å². The number of nitrogens with zero attached hydrogens (tertiary/aromatic N) is 3. The zero-order chi connectivity index (χ0) is 22.8. The molecule has 8 nitrogen and oxygen atoms in total. The van der Waals surface area contributed by atoms with Crippen molar-refractivity contribution in [2.24, 2.45) is 0 Å². The largest absolute Gasteiger partial charge is 0.376 e. The number of likely N-dealkylation sites (tertiary alicyclic amines) is 1. The Morgan fingerprint density at radius 2 is 1.81 bits per heavy atom. The summed E-state index contributed by atoms with van der Waals surface area (Å²) in [6.45, 7) is 4.34. The number of amides is 3. The van der Waals surface area contributed by atoms with Crippen molar-refractivity contribution >= 4 is 29.0 Å². The molecule has 1 aromatic carbocycles. The van der Waals surface area contributed by atoms with Crippen LogP contribution in [-0.4, -0.2) is 84.9 Å². The third kappa shape index (κ3) is 4.56. The molecule has 3 heterocycles. The van der Waals surface area contributed by atoms with Crippen LogP contribution in [0.5, 0.6) is 0 Å². The van der Waals surface area contributed by atoms with Gasteiger partial charge < -0.3 is 19.9 Å². The van der Waals surface area contributed by atoms with Crippen molar-refractivity contribution in [1.29, 1.82) is 0 Å². The molecule has 1 atom stereocenters. The minimum absolute atomic E-state index is 0.0979. The quantitative estimate of drug-likeness (QED) is 0.681. The van der Waals surface area contributed by atoms with Crippen molar-refractivity contribution in [2.45, 2.75) is 44.8 Å². The molecule has 0 saturated carbocycles. The molecule has 3 aliphatic rings. The van der Waals surface area contributed by atoms with Crippen molar-refractivity contribution in [2.75, 3.05) is 45.7 Å². The number of nitrogens with one attached hydrogen (secondary N) is 1. The van der Waals surface area contributed by atoms with E-state index in [-0.39, 0.29) is 36.4 Å². The molecule has 32 heavy (non-hydrogen) atoms. The molecule has 172 valence electrons. The van der Waals surface area contributed by atoms with Crippen LogP contribution in [0.4, 0.5) is 5.69 Å². The van der Waals surface area contributed by atoms with Crippen LogP contribution in [0.15, 0.2) is 30.0 Å². The zero-order valence-corrected chi connectivity index (χ0v) is 19.1. The molecule has 0 aliphatic carbocycles. The number of piperidine rings is 1. The summed E-state index contributed by atoms with van der Waals surface area (Å²) in [5, 5.41) is 2.74. The van der Waals surface area contributed by atoms with E-state index < -0.39 is 0 Å². The summed E-state index contributed by atoms with van der Waals surface area (Å²) in [7, 11) is 4.03. The second-order valence-electron chi connectivity index (χ2n) is 8.98. The topological polar surface area (TPSA) is 82.2 Å². The molecule has 2 fully saturated rings. The van der Waals surface area contributed by atoms with Crippen molar-refractivity contribution in [3.63, 3.8) is 0 Å². The van der Waals surface area contributed by atoms with Crippen LogP contribution in [-0.2, 0) is 19.1 Å². The van der Waals surface area contributed by atoms with E-state index >= 15 is 0 Å². The normalized spacial score (nSPS) is 22.7. The first-order valence-electron chi connectivity index (χ1n) is 11.4. The maximum absolute atomic E-state index is 13.5. The predicted octanol–water partition coefficient (Wildman–Crippen LogP) is 1.93. The monoisotopic (exact) mass is 440 g/mol. The first kappa shape index (κ1) is 22.5. The van der Waals surface area contributed by atoms with E-state index in [1.807, 2.05) is 11.9 Å². The molecule has 0 bridgehead atoms. The number of ether oxygens (including phenoxy) is 1. The van der Waals surface area contributed by atoms with Gasteiger partial charge in [0.05, 0.1) is 18.2 Å². The Labute approximate surface area is 189 Å². The predicted molar refractivity (Wildman–Crippen MR) is 122 cm³/mol. The molecule has 0 aromatic heterocycles. The third-order valence-corrected chi connectivity index (χ3v) is 6.64. The minimum atomic E-state index is -0.271. The summed E-state index contributed by atoms with van der Waals surface area (Å²) in [6.07, 6.45) is 3.60. The van der Waals surface area contributed by atoms with Gasteiger partial charge in [0.1, 0.15) is 5.70 Å². The molecular formula is C24H32N4O4. The molecule has 0 radical (unpaired) electrons. The SMILES string of the molecule is CC(=O)Nc1ccc(C2=C(N(C)C3CCN(C)CC3)C(=O)N(CC3CCCO3)C2=O)cc1. The van der Waals surface area contributed by atoms with Gasteiger partial charge in [0, 0.05) is 32.3 Å². The second kappa shape index (κ2) is 9.42. The highest BCUT2D eigenvalue weighted by Crippen LogP contribution is 2.34. The molecule has 3 amide bonds. The first-order valence-corrected chi connectivity index (χ1v) is 11.4. The van der Waals surface area contributed by atoms with Crippen LogP contribution in [0.3, 0.4) is 0 Å². The van der Waals surface area contributed by atoms with E-state index in [0.717, 1.165) is 38.8 Å². The minimum Gasteiger partial charge on any atom is -0.376 e. The summed E-state index contributed by atoms with van der Waals surface area (Å²) >= 11 is 0. The molecule has 0 spiro atoms. The Bertz CT molecular complexity index is 912. The number of rotatable bonds is 6. The van der Waals surface area contributed by atoms with Crippen molar-refractivity contribution in [3.05, 3.63) is 35.5 Å². The molecule has 3 aliphatic heterocycles. The van der Waals surface area contributed by atoms with Crippen LogP contribution in [0.2, 0.25) is 0 Å². The maximum Gasteiger partial charge on any atom is 0.277 e. The Morgan fingerprint density at radius 3 is 2.41 bits per heavy atom. The summed E-state index contributed by atoms with van der Waals surface area (Å²) < 4.78 is 5.71. The highest BCUT2D eigenvalue weighted by molar-refractivity contribution is 6.35. The Morgan fingerprint density at radius 1 is 1.12 bits per heavy atom. The van der Waals surface area contributed by atoms with Crippen molar-refractivity contribution < 1.29 is 19.1 Å². The lowest BCUT2D eigenvalue weighted by Gasteiger charge is -2.36. The number of hydrogen-bond acceptors (Lipinski definition) is 6. The Kier molecular flexibility index (Phi) is 6.62. The van der Waals surface area contributed by atoms with Crippen LogP contribution in [0.25, 0.3) is 5.57 Å². The van der Waals surface area contributed by atoms with E-state index in [9.17, 15) is 14.4 Å². The van der Waals surface area contributed by atoms with Gasteiger partial charge >= 0.3 is 0 Å². The van der Waals surface area contributed by atoms with Crippen LogP contribution < -0.4 is 5.32 Å². The molecule has 1 N–H and O–H groups in total. The fourth-order valence-electron chi connectivity index (χ4n) is 4.80. The molecule has 1 unspecified atom stereocenters. The summed E-state index contributed by atoms with van der Waals surface area (Å²) in [5.74, 6) is -0.671. The lowest BCUT2D eigenvalue weighted by atomic mass is 10.00. The van der Waals surface area contributed by atoms with Gasteiger partial charge in [0.2, 0.25) is 5.91 Å². The number of carbonyl (C=O) groups excluding carboxylic acids is 3. The van der Waals surface area contributed by atoms with Gasteiger partial charge in [0.15, 0.2) is 0 Å². The van der Waals surface area contributed by atoms with Gasteiger partial charge in [0.25, 0.3) is 11.8 Å². The summed E-state index contributed by atoms with van der Waals surface area (Å²) in [4.78, 5) is 44.0. The van der Waals surface area contributed by atoms with E-state index in [1.54, 1.807) is 24.3 Å². The van der Waals surface area contributed by atoms with Crippen LogP contribution >= 0.6 is 0 Å². The standard InChI is InChI=1S/C24H32N4O4/c1-16(29)25-18-8-6-17(7-9-18)21-22(27(3)19-10-12-26(2)13-11-19)24(31)28(23(21)30)15-20-5-4-14-32-20/h6-9,19-20H,4-5,10-15H2,1-3H3,(H,25,29). The molecule has 1 aromatic rings. The zero-order valence-electron chi connectivity index (χ0n) is 19.1. The molecule has 2 saturated heterocycles. The van der Waals surface area contributed by atoms with E-state index in [4.69, 9.17) is 4.74 Å². The Hall–Kier alpha value is -2.71. The summed E-state index contributed by atoms with van der Waals surface area (Å²) in [6, 6.07) is 7.32. The van der Waals surface area contributed by atoms with E-state index in [1.165, 1.54) is 11.8 Å². The van der Waals surface area contributed by atoms with Crippen molar-refractivity contribution in [1.82, 2.24) is 14.7 Å². The average molecular weight is 441 g/mol. The van der Waals surface area contributed by atoms with Gasteiger partial charge in [-0.15, -0.1) is 0 Å². The average Bonchev–Trinajstić information content (AvgIpc) is 3.36. The van der Waals surface area contributed by atoms with Gasteiger partial charge in [-0.3, -0.25) is 19.3 Å². The first-order chi connectivity index (χ1) is 15.3. The lowest BCUT2D eigenvalue weighted by Crippen LogP contribution is -2.44. The third-order valence-electron chi connectivity index (χ3n) is 6.64. The van der Waals surface area contributed by atoms with Crippen molar-refractivity contribution in [3.8, 4) is 0 Å². The number of benzene rings is 1. The number of carbonyl (C=O) groups is 3. The summed E-state index contributed by atoms with van der Waals surface area (Å²) in [5.41, 5.74) is 2.24. The number of likely N-dealkylation sites (N-methyl/N-ethyl adjacent to an activating group) is 1. The Balaban J connectivity index is 1.66. The number of anilines is 1. The fourth-order valence-corrected chi connectivity index (χ4v) is 4.80. The second-order valence-corrected chi connectivity index (χ2v) is 8.98. The maximum atomic E-state index is 13.5. The van der Waals surface area contributed by atoms with Gasteiger partial charge in [-0.1, -0.05) is 12.1 Å². The van der Waals surface area contributed by atoms with Crippen LogP contribution in [0.1, 0.15) is 38.2 Å². The highest BCUT2D eigenvalue weighted by Gasteiger charge is 2.43. The van der Waals surface area contributed by atoms with E-state index in [2.05, 4.69) is 17.3 Å². The van der Waals surface area contributed by atoms with Crippen LogP contribution in [0, 0.1) is 0 Å². The smallest absolute Gasteiger partial charge is 0.277 e. The number of imide groups is 1. The lowest BCUT2D eigenvalue weighted by molar-refractivity contribution is -0.139.